The summed E-state index contributed by atoms with van der Waals surface area (Å²) in [5, 5.41) is 7.73. The number of aromatic amines is 1. The maximum absolute atomic E-state index is 12.5. The third-order valence-corrected chi connectivity index (χ3v) is 4.80. The van der Waals surface area contributed by atoms with Crippen LogP contribution in [0.5, 0.6) is 0 Å². The van der Waals surface area contributed by atoms with Crippen LogP contribution in [0.15, 0.2) is 12.5 Å². The number of carbonyl (C=O) groups is 1. The number of H-pyrrole nitrogens is 1. The first-order valence-electron chi connectivity index (χ1n) is 7.98. The van der Waals surface area contributed by atoms with E-state index in [-0.39, 0.29) is 5.91 Å². The molecule has 1 N–H and O–H groups in total. The molecule has 116 valence electrons. The lowest BCUT2D eigenvalue weighted by Gasteiger charge is -2.36. The van der Waals surface area contributed by atoms with E-state index in [1.54, 1.807) is 6.20 Å². The molecule has 0 radical (unpaired) electrons. The molecule has 2 aliphatic rings. The van der Waals surface area contributed by atoms with Gasteiger partial charge >= 0.3 is 0 Å². The first-order valence-corrected chi connectivity index (χ1v) is 7.98. The number of amides is 1. The number of aromatic nitrogens is 4. The lowest BCUT2D eigenvalue weighted by molar-refractivity contribution is -0.131. The number of hydrogen-bond donors (Lipinski definition) is 1. The zero-order chi connectivity index (χ0) is 14.9. The summed E-state index contributed by atoms with van der Waals surface area (Å²) >= 11 is 0. The average molecular weight is 300 g/mol. The Kier molecular flexibility index (Phi) is 3.40. The molecule has 1 saturated heterocycles. The molecular formula is C15H20N6O. The van der Waals surface area contributed by atoms with Crippen molar-refractivity contribution in [3.63, 3.8) is 0 Å². The fraction of sp³-hybridized carbons (Fsp3) is 0.600. The van der Waals surface area contributed by atoms with Gasteiger partial charge in [0, 0.05) is 19.6 Å². The third-order valence-electron chi connectivity index (χ3n) is 4.80. The van der Waals surface area contributed by atoms with Gasteiger partial charge in [-0.05, 0) is 18.8 Å². The van der Waals surface area contributed by atoms with Crippen LogP contribution in [0.1, 0.15) is 25.7 Å². The summed E-state index contributed by atoms with van der Waals surface area (Å²) in [6.07, 6.45) is 8.42. The molecule has 3 heterocycles. The van der Waals surface area contributed by atoms with Gasteiger partial charge in [0.05, 0.1) is 18.1 Å². The van der Waals surface area contributed by atoms with Crippen molar-refractivity contribution in [2.75, 3.05) is 31.1 Å². The van der Waals surface area contributed by atoms with Crippen LogP contribution < -0.4 is 4.90 Å². The first-order chi connectivity index (χ1) is 10.8. The van der Waals surface area contributed by atoms with E-state index in [1.165, 1.54) is 32.0 Å². The molecule has 7 nitrogen and oxygen atoms in total. The van der Waals surface area contributed by atoms with Crippen molar-refractivity contribution < 1.29 is 4.79 Å². The Morgan fingerprint density at radius 1 is 1.23 bits per heavy atom. The molecule has 22 heavy (non-hydrogen) atoms. The fourth-order valence-corrected chi connectivity index (χ4v) is 3.59. The minimum absolute atomic E-state index is 0.202. The first kappa shape index (κ1) is 13.5. The minimum atomic E-state index is 0.202. The standard InChI is InChI=1S/C15H20N6O/c22-13-9-21(6-5-20(13)8-11-3-1-2-4-11)15-12-7-18-19-14(12)16-10-17-15/h7,10-11H,1-6,8-9H2,(H,16,17,18,19). The van der Waals surface area contributed by atoms with Crippen molar-refractivity contribution >= 4 is 22.8 Å². The Morgan fingerprint density at radius 2 is 2.09 bits per heavy atom. The zero-order valence-electron chi connectivity index (χ0n) is 12.5. The van der Waals surface area contributed by atoms with Crippen molar-refractivity contribution in [3.8, 4) is 0 Å². The SMILES string of the molecule is O=C1CN(c2ncnc3[nH]ncc23)CCN1CC1CCCC1. The van der Waals surface area contributed by atoms with Crippen LogP contribution in [0, 0.1) is 5.92 Å². The molecule has 1 aliphatic heterocycles. The molecule has 7 heteroatoms. The number of fused-ring (bicyclic) bond motifs is 1. The summed E-state index contributed by atoms with van der Waals surface area (Å²) in [6, 6.07) is 0. The van der Waals surface area contributed by atoms with E-state index in [0.717, 1.165) is 30.8 Å². The molecule has 1 saturated carbocycles. The number of nitrogens with zero attached hydrogens (tertiary/aromatic N) is 5. The molecule has 4 rings (SSSR count). The highest BCUT2D eigenvalue weighted by Crippen LogP contribution is 2.27. The maximum atomic E-state index is 12.5. The van der Waals surface area contributed by atoms with Crippen molar-refractivity contribution in [2.45, 2.75) is 25.7 Å². The van der Waals surface area contributed by atoms with Crippen LogP contribution >= 0.6 is 0 Å². The van der Waals surface area contributed by atoms with Gasteiger partial charge in [-0.1, -0.05) is 12.8 Å². The van der Waals surface area contributed by atoms with Gasteiger partial charge in [0.2, 0.25) is 5.91 Å². The van der Waals surface area contributed by atoms with E-state index in [1.807, 2.05) is 9.80 Å². The molecule has 0 spiro atoms. The number of rotatable bonds is 3. The fourth-order valence-electron chi connectivity index (χ4n) is 3.59. The van der Waals surface area contributed by atoms with Crippen molar-refractivity contribution in [3.05, 3.63) is 12.5 Å². The molecule has 0 unspecified atom stereocenters. The van der Waals surface area contributed by atoms with E-state index in [0.29, 0.717) is 18.1 Å². The zero-order valence-corrected chi connectivity index (χ0v) is 12.5. The smallest absolute Gasteiger partial charge is 0.242 e. The van der Waals surface area contributed by atoms with Gasteiger partial charge in [-0.2, -0.15) is 5.10 Å². The summed E-state index contributed by atoms with van der Waals surface area (Å²) < 4.78 is 0. The third kappa shape index (κ3) is 2.40. The highest BCUT2D eigenvalue weighted by atomic mass is 16.2. The molecule has 0 atom stereocenters. The number of nitrogens with one attached hydrogen (secondary N) is 1. The van der Waals surface area contributed by atoms with Crippen LogP contribution in [0.4, 0.5) is 5.82 Å². The predicted molar refractivity (Wildman–Crippen MR) is 82.4 cm³/mol. The highest BCUT2D eigenvalue weighted by molar-refractivity contribution is 5.90. The summed E-state index contributed by atoms with van der Waals surface area (Å²) in [5.41, 5.74) is 0.714. The van der Waals surface area contributed by atoms with Gasteiger partial charge < -0.3 is 9.80 Å². The summed E-state index contributed by atoms with van der Waals surface area (Å²) in [7, 11) is 0. The van der Waals surface area contributed by atoms with Crippen molar-refractivity contribution in [1.82, 2.24) is 25.1 Å². The topological polar surface area (TPSA) is 78.0 Å². The second-order valence-corrected chi connectivity index (χ2v) is 6.24. The van der Waals surface area contributed by atoms with Gasteiger partial charge in [0.15, 0.2) is 5.65 Å². The van der Waals surface area contributed by atoms with E-state index >= 15 is 0 Å². The molecule has 2 aromatic heterocycles. The molecule has 1 aliphatic carbocycles. The molecule has 0 bridgehead atoms. The Bertz CT molecular complexity index is 677. The van der Waals surface area contributed by atoms with Gasteiger partial charge in [0.25, 0.3) is 0 Å². The van der Waals surface area contributed by atoms with Crippen molar-refractivity contribution in [1.29, 1.82) is 0 Å². The lowest BCUT2D eigenvalue weighted by Crippen LogP contribution is -2.51. The maximum Gasteiger partial charge on any atom is 0.242 e. The minimum Gasteiger partial charge on any atom is -0.345 e. The van der Waals surface area contributed by atoms with Crippen LogP contribution in [-0.2, 0) is 4.79 Å². The van der Waals surface area contributed by atoms with Crippen LogP contribution in [0.3, 0.4) is 0 Å². The van der Waals surface area contributed by atoms with Crippen LogP contribution in [0.2, 0.25) is 0 Å². The summed E-state index contributed by atoms with van der Waals surface area (Å²) in [4.78, 5) is 25.0. The monoisotopic (exact) mass is 300 g/mol. The van der Waals surface area contributed by atoms with E-state index in [2.05, 4.69) is 20.2 Å². The lowest BCUT2D eigenvalue weighted by atomic mass is 10.1. The van der Waals surface area contributed by atoms with Gasteiger partial charge in [-0.3, -0.25) is 9.89 Å². The second kappa shape index (κ2) is 5.55. The Hall–Kier alpha value is -2.18. The molecule has 2 fully saturated rings. The Labute approximate surface area is 128 Å². The van der Waals surface area contributed by atoms with Gasteiger partial charge in [-0.25, -0.2) is 9.97 Å². The number of carbonyl (C=O) groups excluding carboxylic acids is 1. The number of hydrogen-bond acceptors (Lipinski definition) is 5. The van der Waals surface area contributed by atoms with Crippen LogP contribution in [0.25, 0.3) is 11.0 Å². The molecule has 0 aromatic carbocycles. The summed E-state index contributed by atoms with van der Waals surface area (Å²) in [5.74, 6) is 1.70. The van der Waals surface area contributed by atoms with Gasteiger partial charge in [-0.15, -0.1) is 0 Å². The molecular weight excluding hydrogens is 280 g/mol. The van der Waals surface area contributed by atoms with Gasteiger partial charge in [0.1, 0.15) is 12.1 Å². The summed E-state index contributed by atoms with van der Waals surface area (Å²) in [6.45, 7) is 2.91. The quantitative estimate of drug-likeness (QED) is 0.921. The number of piperazine rings is 1. The average Bonchev–Trinajstić information content (AvgIpc) is 3.19. The van der Waals surface area contributed by atoms with Crippen LogP contribution in [-0.4, -0.2) is 57.2 Å². The molecule has 1 amide bonds. The van der Waals surface area contributed by atoms with Crippen molar-refractivity contribution in [2.24, 2.45) is 5.92 Å². The highest BCUT2D eigenvalue weighted by Gasteiger charge is 2.28. The largest absolute Gasteiger partial charge is 0.345 e. The second-order valence-electron chi connectivity index (χ2n) is 6.24. The Morgan fingerprint density at radius 3 is 2.91 bits per heavy atom. The van der Waals surface area contributed by atoms with E-state index in [9.17, 15) is 4.79 Å². The molecule has 2 aromatic rings. The Balaban J connectivity index is 1.48. The number of anilines is 1. The van der Waals surface area contributed by atoms with E-state index in [4.69, 9.17) is 0 Å². The normalized spacial score (nSPS) is 20.3. The predicted octanol–water partition coefficient (Wildman–Crippen LogP) is 1.19. The van der Waals surface area contributed by atoms with E-state index < -0.39 is 0 Å².